The Morgan fingerprint density at radius 1 is 1.33 bits per heavy atom. The molecule has 0 unspecified atom stereocenters. The van der Waals surface area contributed by atoms with Crippen molar-refractivity contribution in [1.29, 1.82) is 5.26 Å². The van der Waals surface area contributed by atoms with E-state index in [2.05, 4.69) is 26.7 Å². The molecule has 1 saturated carbocycles. The minimum atomic E-state index is -0.777. The third-order valence-electron chi connectivity index (χ3n) is 6.29. The number of ketones is 1. The van der Waals surface area contributed by atoms with E-state index >= 15 is 0 Å². The number of fused-ring (bicyclic) bond motifs is 1. The summed E-state index contributed by atoms with van der Waals surface area (Å²) >= 11 is 6.25. The summed E-state index contributed by atoms with van der Waals surface area (Å²) < 4.78 is 5.20. The van der Waals surface area contributed by atoms with E-state index in [1.54, 1.807) is 12.1 Å². The van der Waals surface area contributed by atoms with Gasteiger partial charge in [0.05, 0.1) is 23.7 Å². The van der Waals surface area contributed by atoms with Gasteiger partial charge >= 0.3 is 0 Å². The second-order valence-electron chi connectivity index (χ2n) is 8.80. The van der Waals surface area contributed by atoms with Gasteiger partial charge in [-0.3, -0.25) is 14.4 Å². The number of methoxy groups -OCH3 is 1. The first-order chi connectivity index (χ1) is 15.9. The number of aromatic nitrogens is 2. The SMILES string of the molecule is COc1cc(Cl)c2nc(C(=O)C[C@@H](CC3CC3)C(=O)N[C@H](C#N)C[C@@H]3CCNC3=O)[nH]c2c1. The van der Waals surface area contributed by atoms with Crippen LogP contribution in [0.15, 0.2) is 12.1 Å². The molecule has 174 valence electrons. The Bertz CT molecular complexity index is 1120. The highest BCUT2D eigenvalue weighted by molar-refractivity contribution is 6.35. The van der Waals surface area contributed by atoms with E-state index in [1.165, 1.54) is 7.11 Å². The van der Waals surface area contributed by atoms with Gasteiger partial charge in [0.25, 0.3) is 0 Å². The van der Waals surface area contributed by atoms with Crippen LogP contribution in [0.2, 0.25) is 5.02 Å². The largest absolute Gasteiger partial charge is 0.497 e. The molecule has 1 aromatic carbocycles. The van der Waals surface area contributed by atoms with Gasteiger partial charge in [-0.15, -0.1) is 0 Å². The first kappa shape index (κ1) is 23.1. The number of nitrogens with zero attached hydrogens (tertiary/aromatic N) is 2. The fourth-order valence-electron chi connectivity index (χ4n) is 4.25. The fraction of sp³-hybridized carbons (Fsp3) is 0.522. The number of ether oxygens (including phenoxy) is 1. The normalized spacial score (nSPS) is 19.5. The number of hydrogen-bond donors (Lipinski definition) is 3. The Labute approximate surface area is 196 Å². The molecule has 2 fully saturated rings. The zero-order valence-corrected chi connectivity index (χ0v) is 19.1. The Kier molecular flexibility index (Phi) is 6.84. The lowest BCUT2D eigenvalue weighted by Crippen LogP contribution is -2.40. The molecule has 2 heterocycles. The van der Waals surface area contributed by atoms with Crippen LogP contribution in [0.4, 0.5) is 0 Å². The second kappa shape index (κ2) is 9.79. The molecule has 0 spiro atoms. The third kappa shape index (κ3) is 5.45. The molecule has 1 aromatic heterocycles. The predicted molar refractivity (Wildman–Crippen MR) is 121 cm³/mol. The van der Waals surface area contributed by atoms with Gasteiger partial charge in [0, 0.05) is 36.9 Å². The molecule has 2 aromatic rings. The number of Topliss-reactive ketones (excluding diaryl/α,β-unsaturated/α-hetero) is 1. The molecule has 1 aliphatic heterocycles. The average molecular weight is 472 g/mol. The second-order valence-corrected chi connectivity index (χ2v) is 9.20. The number of H-pyrrole nitrogens is 1. The number of halogens is 1. The van der Waals surface area contributed by atoms with Gasteiger partial charge in [0.2, 0.25) is 11.8 Å². The number of hydrogen-bond acceptors (Lipinski definition) is 6. The summed E-state index contributed by atoms with van der Waals surface area (Å²) in [6, 6.07) is 4.63. The molecule has 9 nitrogen and oxygen atoms in total. The van der Waals surface area contributed by atoms with Crippen LogP contribution in [0.1, 0.15) is 49.1 Å². The topological polar surface area (TPSA) is 137 Å². The Balaban J connectivity index is 1.45. The van der Waals surface area contributed by atoms with Crippen LogP contribution in [0.25, 0.3) is 11.0 Å². The molecular weight excluding hydrogens is 446 g/mol. The van der Waals surface area contributed by atoms with Crippen molar-refractivity contribution in [3.63, 3.8) is 0 Å². The van der Waals surface area contributed by atoms with Crippen molar-refractivity contribution in [2.75, 3.05) is 13.7 Å². The maximum atomic E-state index is 13.0. The number of amides is 2. The van der Waals surface area contributed by atoms with Crippen LogP contribution in [0.5, 0.6) is 5.75 Å². The number of carbonyl (C=O) groups is 3. The van der Waals surface area contributed by atoms with Gasteiger partial charge in [-0.05, 0) is 25.2 Å². The fourth-order valence-corrected chi connectivity index (χ4v) is 4.50. The van der Waals surface area contributed by atoms with E-state index in [-0.39, 0.29) is 42.2 Å². The molecule has 4 rings (SSSR count). The molecular formula is C23H26ClN5O4. The minimum Gasteiger partial charge on any atom is -0.497 e. The Hall–Kier alpha value is -3.12. The Morgan fingerprint density at radius 2 is 2.12 bits per heavy atom. The van der Waals surface area contributed by atoms with Gasteiger partial charge < -0.3 is 20.4 Å². The van der Waals surface area contributed by atoms with Crippen LogP contribution in [0, 0.1) is 29.1 Å². The van der Waals surface area contributed by atoms with E-state index in [0.29, 0.717) is 47.1 Å². The van der Waals surface area contributed by atoms with Crippen LogP contribution < -0.4 is 15.4 Å². The van der Waals surface area contributed by atoms with Crippen LogP contribution >= 0.6 is 11.6 Å². The van der Waals surface area contributed by atoms with Crippen LogP contribution in [-0.4, -0.2) is 47.3 Å². The lowest BCUT2D eigenvalue weighted by molar-refractivity contribution is -0.127. The maximum Gasteiger partial charge on any atom is 0.224 e. The number of aromatic amines is 1. The van der Waals surface area contributed by atoms with E-state index in [1.807, 2.05) is 0 Å². The van der Waals surface area contributed by atoms with Crippen molar-refractivity contribution in [3.8, 4) is 11.8 Å². The zero-order chi connectivity index (χ0) is 23.5. The molecule has 1 saturated heterocycles. The summed E-state index contributed by atoms with van der Waals surface area (Å²) in [6.45, 7) is 0.585. The predicted octanol–water partition coefficient (Wildman–Crippen LogP) is 2.75. The monoisotopic (exact) mass is 471 g/mol. The molecule has 0 radical (unpaired) electrons. The van der Waals surface area contributed by atoms with Gasteiger partial charge in [-0.1, -0.05) is 24.4 Å². The van der Waals surface area contributed by atoms with Gasteiger partial charge in [-0.2, -0.15) is 5.26 Å². The summed E-state index contributed by atoms with van der Waals surface area (Å²) in [5.41, 5.74) is 1.04. The average Bonchev–Trinajstić information content (AvgIpc) is 3.36. The van der Waals surface area contributed by atoms with Crippen molar-refractivity contribution in [2.24, 2.45) is 17.8 Å². The van der Waals surface area contributed by atoms with E-state index in [9.17, 15) is 19.6 Å². The standard InChI is InChI=1S/C23H26ClN5O4/c1-33-16-9-17(24)20-18(10-16)28-21(29-20)19(30)8-14(6-12-2-3-12)23(32)27-15(11-25)7-13-4-5-26-22(13)31/h9-10,12-15H,2-8H2,1H3,(H,26,31)(H,27,32)(H,28,29)/t13-,14+,15-/m0/s1. The number of nitrogens with one attached hydrogen (secondary N) is 3. The Morgan fingerprint density at radius 3 is 2.76 bits per heavy atom. The summed E-state index contributed by atoms with van der Waals surface area (Å²) in [6.07, 6.45) is 3.52. The van der Waals surface area contributed by atoms with Crippen molar-refractivity contribution in [3.05, 3.63) is 23.0 Å². The van der Waals surface area contributed by atoms with Gasteiger partial charge in [-0.25, -0.2) is 4.98 Å². The first-order valence-corrected chi connectivity index (χ1v) is 11.5. The molecule has 3 atom stereocenters. The lowest BCUT2D eigenvalue weighted by Gasteiger charge is -2.19. The highest BCUT2D eigenvalue weighted by Crippen LogP contribution is 2.37. The molecule has 33 heavy (non-hydrogen) atoms. The quantitative estimate of drug-likeness (QED) is 0.455. The molecule has 1 aliphatic carbocycles. The van der Waals surface area contributed by atoms with Gasteiger partial charge in [0.1, 0.15) is 17.3 Å². The van der Waals surface area contributed by atoms with Crippen molar-refractivity contribution >= 4 is 40.2 Å². The first-order valence-electron chi connectivity index (χ1n) is 11.1. The molecule has 3 N–H and O–H groups in total. The number of nitriles is 1. The third-order valence-corrected chi connectivity index (χ3v) is 6.57. The summed E-state index contributed by atoms with van der Waals surface area (Å²) in [5.74, 6) is -0.500. The van der Waals surface area contributed by atoms with E-state index < -0.39 is 12.0 Å². The number of rotatable bonds is 10. The molecule has 0 bridgehead atoms. The highest BCUT2D eigenvalue weighted by Gasteiger charge is 2.34. The zero-order valence-electron chi connectivity index (χ0n) is 18.3. The summed E-state index contributed by atoms with van der Waals surface area (Å²) in [4.78, 5) is 45.2. The van der Waals surface area contributed by atoms with E-state index in [0.717, 1.165) is 12.8 Å². The molecule has 10 heteroatoms. The number of benzene rings is 1. The highest BCUT2D eigenvalue weighted by atomic mass is 35.5. The minimum absolute atomic E-state index is 0.0288. The summed E-state index contributed by atoms with van der Waals surface area (Å²) in [7, 11) is 1.52. The molecule has 2 aliphatic rings. The smallest absolute Gasteiger partial charge is 0.224 e. The van der Waals surface area contributed by atoms with Crippen LogP contribution in [0.3, 0.4) is 0 Å². The lowest BCUT2D eigenvalue weighted by atomic mass is 9.93. The van der Waals surface area contributed by atoms with Crippen molar-refractivity contribution in [1.82, 2.24) is 20.6 Å². The molecule has 2 amide bonds. The van der Waals surface area contributed by atoms with Crippen molar-refractivity contribution < 1.29 is 19.1 Å². The summed E-state index contributed by atoms with van der Waals surface area (Å²) in [5, 5.41) is 15.4. The van der Waals surface area contributed by atoms with Crippen molar-refractivity contribution in [2.45, 2.75) is 44.6 Å². The number of carbonyl (C=O) groups excluding carboxylic acids is 3. The van der Waals surface area contributed by atoms with E-state index in [4.69, 9.17) is 16.3 Å². The maximum absolute atomic E-state index is 13.0. The van der Waals surface area contributed by atoms with Crippen LogP contribution in [-0.2, 0) is 9.59 Å². The van der Waals surface area contributed by atoms with Gasteiger partial charge in [0.15, 0.2) is 11.6 Å². The number of imidazole rings is 1.